The van der Waals surface area contributed by atoms with Crippen LogP contribution in [0.2, 0.25) is 0 Å². The molecule has 110 valence electrons. The van der Waals surface area contributed by atoms with E-state index in [1.54, 1.807) is 12.1 Å². The van der Waals surface area contributed by atoms with E-state index >= 15 is 0 Å². The van der Waals surface area contributed by atoms with Crippen molar-refractivity contribution in [1.82, 2.24) is 4.90 Å². The average Bonchev–Trinajstić information content (AvgIpc) is 2.48. The van der Waals surface area contributed by atoms with Crippen molar-refractivity contribution in [3.63, 3.8) is 0 Å². The van der Waals surface area contributed by atoms with Crippen LogP contribution in [0.25, 0.3) is 0 Å². The van der Waals surface area contributed by atoms with Gasteiger partial charge in [-0.3, -0.25) is 4.90 Å². The van der Waals surface area contributed by atoms with Gasteiger partial charge in [0.2, 0.25) is 0 Å². The van der Waals surface area contributed by atoms with Crippen LogP contribution in [0, 0.1) is 5.82 Å². The van der Waals surface area contributed by atoms with Gasteiger partial charge in [0.15, 0.2) is 0 Å². The molecule has 2 aliphatic rings. The van der Waals surface area contributed by atoms with E-state index in [1.807, 2.05) is 12.1 Å². The molecule has 1 aliphatic carbocycles. The van der Waals surface area contributed by atoms with Gasteiger partial charge in [0.25, 0.3) is 0 Å². The van der Waals surface area contributed by atoms with Crippen molar-refractivity contribution in [3.05, 3.63) is 30.1 Å². The Hall–Kier alpha value is -1.13. The molecule has 2 unspecified atom stereocenters. The maximum Gasteiger partial charge on any atom is 0.123 e. The van der Waals surface area contributed by atoms with Crippen LogP contribution >= 0.6 is 0 Å². The molecule has 1 aromatic rings. The van der Waals surface area contributed by atoms with Gasteiger partial charge in [-0.2, -0.15) is 0 Å². The molecular weight excluding hydrogens is 253 g/mol. The fraction of sp³-hybridized carbons (Fsp3) is 0.625. The molecule has 0 spiro atoms. The quantitative estimate of drug-likeness (QED) is 0.899. The molecule has 1 heterocycles. The van der Waals surface area contributed by atoms with Crippen molar-refractivity contribution in [2.24, 2.45) is 5.73 Å². The minimum absolute atomic E-state index is 0.163. The Morgan fingerprint density at radius 2 is 1.70 bits per heavy atom. The summed E-state index contributed by atoms with van der Waals surface area (Å²) in [4.78, 5) is 4.94. The largest absolute Gasteiger partial charge is 0.369 e. The van der Waals surface area contributed by atoms with Gasteiger partial charge in [0, 0.05) is 44.0 Å². The number of hydrogen-bond acceptors (Lipinski definition) is 3. The second kappa shape index (κ2) is 6.10. The minimum atomic E-state index is -0.163. The highest BCUT2D eigenvalue weighted by atomic mass is 19.1. The van der Waals surface area contributed by atoms with Gasteiger partial charge in [-0.15, -0.1) is 0 Å². The number of piperazine rings is 1. The molecule has 0 bridgehead atoms. The lowest BCUT2D eigenvalue weighted by molar-refractivity contribution is 0.140. The third-order valence-corrected chi connectivity index (χ3v) is 4.71. The molecule has 4 heteroatoms. The summed E-state index contributed by atoms with van der Waals surface area (Å²) in [5.74, 6) is -0.163. The van der Waals surface area contributed by atoms with Gasteiger partial charge in [-0.05, 0) is 43.5 Å². The molecule has 1 saturated carbocycles. The Morgan fingerprint density at radius 3 is 2.35 bits per heavy atom. The van der Waals surface area contributed by atoms with E-state index in [0.29, 0.717) is 12.1 Å². The van der Waals surface area contributed by atoms with Crippen LogP contribution in [-0.2, 0) is 0 Å². The van der Waals surface area contributed by atoms with Crippen molar-refractivity contribution >= 4 is 5.69 Å². The number of nitrogens with two attached hydrogens (primary N) is 1. The average molecular weight is 277 g/mol. The lowest BCUT2D eigenvalue weighted by Gasteiger charge is -2.42. The number of anilines is 1. The summed E-state index contributed by atoms with van der Waals surface area (Å²) in [6, 6.07) is 7.91. The van der Waals surface area contributed by atoms with Gasteiger partial charge in [0.05, 0.1) is 0 Å². The second-order valence-electron chi connectivity index (χ2n) is 6.08. The van der Waals surface area contributed by atoms with Crippen LogP contribution < -0.4 is 10.6 Å². The molecule has 1 aromatic carbocycles. The van der Waals surface area contributed by atoms with Gasteiger partial charge in [-0.1, -0.05) is 6.42 Å². The number of rotatable bonds is 2. The maximum atomic E-state index is 13.0. The number of halogens is 1. The van der Waals surface area contributed by atoms with E-state index < -0.39 is 0 Å². The molecular formula is C16H24FN3. The third kappa shape index (κ3) is 3.13. The smallest absolute Gasteiger partial charge is 0.123 e. The van der Waals surface area contributed by atoms with Crippen LogP contribution in [0.1, 0.15) is 25.7 Å². The highest BCUT2D eigenvalue weighted by molar-refractivity contribution is 5.46. The SMILES string of the molecule is NC1CCCC(N2CCN(c3ccc(F)cc3)CC2)C1. The molecule has 2 N–H and O–H groups in total. The Bertz CT molecular complexity index is 426. The fourth-order valence-electron chi connectivity index (χ4n) is 3.53. The summed E-state index contributed by atoms with van der Waals surface area (Å²) < 4.78 is 13.0. The summed E-state index contributed by atoms with van der Waals surface area (Å²) in [6.45, 7) is 4.23. The number of hydrogen-bond donors (Lipinski definition) is 1. The Balaban J connectivity index is 1.55. The molecule has 1 saturated heterocycles. The van der Waals surface area contributed by atoms with Gasteiger partial charge in [-0.25, -0.2) is 4.39 Å². The second-order valence-corrected chi connectivity index (χ2v) is 6.08. The first-order valence-electron chi connectivity index (χ1n) is 7.72. The topological polar surface area (TPSA) is 32.5 Å². The van der Waals surface area contributed by atoms with Gasteiger partial charge in [0.1, 0.15) is 5.82 Å². The van der Waals surface area contributed by atoms with E-state index in [0.717, 1.165) is 38.3 Å². The molecule has 3 nitrogen and oxygen atoms in total. The van der Waals surface area contributed by atoms with E-state index in [9.17, 15) is 4.39 Å². The lowest BCUT2D eigenvalue weighted by atomic mass is 9.90. The van der Waals surface area contributed by atoms with Crippen LogP contribution in [0.15, 0.2) is 24.3 Å². The zero-order valence-corrected chi connectivity index (χ0v) is 12.0. The van der Waals surface area contributed by atoms with Gasteiger partial charge < -0.3 is 10.6 Å². The molecule has 0 radical (unpaired) electrons. The van der Waals surface area contributed by atoms with Crippen molar-refractivity contribution < 1.29 is 4.39 Å². The number of nitrogens with zero attached hydrogens (tertiary/aromatic N) is 2. The number of benzene rings is 1. The zero-order valence-electron chi connectivity index (χ0n) is 12.0. The normalized spacial score (nSPS) is 28.6. The Labute approximate surface area is 120 Å². The fourth-order valence-corrected chi connectivity index (χ4v) is 3.53. The highest BCUT2D eigenvalue weighted by Gasteiger charge is 2.27. The van der Waals surface area contributed by atoms with Crippen LogP contribution in [0.3, 0.4) is 0 Å². The maximum absolute atomic E-state index is 13.0. The molecule has 0 amide bonds. The highest BCUT2D eigenvalue weighted by Crippen LogP contribution is 2.24. The molecule has 3 rings (SSSR count). The Morgan fingerprint density at radius 1 is 1.00 bits per heavy atom. The molecule has 20 heavy (non-hydrogen) atoms. The predicted molar refractivity (Wildman–Crippen MR) is 80.4 cm³/mol. The van der Waals surface area contributed by atoms with Crippen LogP contribution in [0.4, 0.5) is 10.1 Å². The monoisotopic (exact) mass is 277 g/mol. The summed E-state index contributed by atoms with van der Waals surface area (Å²) in [6.07, 6.45) is 4.90. The molecule has 2 fully saturated rings. The summed E-state index contributed by atoms with van der Waals surface area (Å²) in [5, 5.41) is 0. The molecule has 1 aliphatic heterocycles. The first-order valence-corrected chi connectivity index (χ1v) is 7.72. The van der Waals surface area contributed by atoms with Gasteiger partial charge >= 0.3 is 0 Å². The summed E-state index contributed by atoms with van der Waals surface area (Å²) in [5.41, 5.74) is 7.22. The minimum Gasteiger partial charge on any atom is -0.369 e. The summed E-state index contributed by atoms with van der Waals surface area (Å²) in [7, 11) is 0. The van der Waals surface area contributed by atoms with Crippen molar-refractivity contribution in [2.75, 3.05) is 31.1 Å². The third-order valence-electron chi connectivity index (χ3n) is 4.71. The Kier molecular flexibility index (Phi) is 4.22. The standard InChI is InChI=1S/C16H24FN3/c17-13-4-6-15(7-5-13)19-8-10-20(11-9-19)16-3-1-2-14(18)12-16/h4-7,14,16H,1-3,8-12,18H2. The van der Waals surface area contributed by atoms with E-state index in [2.05, 4.69) is 9.80 Å². The van der Waals surface area contributed by atoms with Crippen LogP contribution in [0.5, 0.6) is 0 Å². The zero-order chi connectivity index (χ0) is 13.9. The van der Waals surface area contributed by atoms with Crippen molar-refractivity contribution in [3.8, 4) is 0 Å². The molecule has 2 atom stereocenters. The molecule has 0 aromatic heterocycles. The first-order chi connectivity index (χ1) is 9.72. The van der Waals surface area contributed by atoms with Crippen LogP contribution in [-0.4, -0.2) is 43.2 Å². The van der Waals surface area contributed by atoms with E-state index in [4.69, 9.17) is 5.73 Å². The lowest BCUT2D eigenvalue weighted by Crippen LogP contribution is -2.52. The predicted octanol–water partition coefficient (Wildman–Crippen LogP) is 2.22. The van der Waals surface area contributed by atoms with E-state index in [1.165, 1.54) is 19.3 Å². The first kappa shape index (κ1) is 13.8. The van der Waals surface area contributed by atoms with E-state index in [-0.39, 0.29) is 5.82 Å². The summed E-state index contributed by atoms with van der Waals surface area (Å²) >= 11 is 0. The van der Waals surface area contributed by atoms with Crippen molar-refractivity contribution in [2.45, 2.75) is 37.8 Å². The van der Waals surface area contributed by atoms with Crippen molar-refractivity contribution in [1.29, 1.82) is 0 Å².